The summed E-state index contributed by atoms with van der Waals surface area (Å²) < 4.78 is 5.27. The summed E-state index contributed by atoms with van der Waals surface area (Å²) in [6.07, 6.45) is 2.35. The van der Waals surface area contributed by atoms with Crippen molar-refractivity contribution < 1.29 is 9.53 Å². The second-order valence-corrected chi connectivity index (χ2v) is 4.66. The monoisotopic (exact) mass is 258 g/mol. The number of benzene rings is 1. The van der Waals surface area contributed by atoms with Crippen LogP contribution in [0.2, 0.25) is 0 Å². The van der Waals surface area contributed by atoms with Crippen LogP contribution in [0.4, 0.5) is 5.82 Å². The summed E-state index contributed by atoms with van der Waals surface area (Å²) in [4.78, 5) is 16.4. The molecule has 1 aromatic heterocycles. The van der Waals surface area contributed by atoms with Gasteiger partial charge in [0, 0.05) is 18.7 Å². The summed E-state index contributed by atoms with van der Waals surface area (Å²) in [5.74, 6) is 0.362. The number of nitrogens with one attached hydrogen (secondary N) is 1. The molecule has 4 heteroatoms. The molecule has 1 unspecified atom stereocenters. The highest BCUT2D eigenvalue weighted by Gasteiger charge is 2.31. The van der Waals surface area contributed by atoms with Crippen LogP contribution in [0.3, 0.4) is 0 Å². The number of aromatic nitrogens is 1. The van der Waals surface area contributed by atoms with Crippen molar-refractivity contribution in [2.75, 3.05) is 12.4 Å². The Bertz CT molecular complexity index is 591. The molecule has 2 rings (SSSR count). The Morgan fingerprint density at radius 3 is 2.68 bits per heavy atom. The fraction of sp³-hybridized carbons (Fsp3) is 0.333. The quantitative estimate of drug-likeness (QED) is 0.917. The maximum atomic E-state index is 12.2. The average Bonchev–Trinajstić information content (AvgIpc) is 2.46. The van der Waals surface area contributed by atoms with Crippen molar-refractivity contribution in [2.24, 2.45) is 0 Å². The molecular formula is C15H18N2O2. The molecule has 0 radical (unpaired) electrons. The Hall–Kier alpha value is -1.94. The molecule has 0 bridgehead atoms. The fourth-order valence-corrected chi connectivity index (χ4v) is 1.80. The minimum atomic E-state index is -0.826. The van der Waals surface area contributed by atoms with Crippen molar-refractivity contribution >= 4 is 22.5 Å². The first-order chi connectivity index (χ1) is 9.09. The predicted molar refractivity (Wildman–Crippen MR) is 76.1 cm³/mol. The highest BCUT2D eigenvalue weighted by atomic mass is 16.5. The number of rotatable bonds is 4. The van der Waals surface area contributed by atoms with Gasteiger partial charge in [-0.2, -0.15) is 0 Å². The van der Waals surface area contributed by atoms with Crippen molar-refractivity contribution in [3.63, 3.8) is 0 Å². The SMILES string of the molecule is CCC(C)(OC)C(=O)Nc1cc2ccccc2cn1. The van der Waals surface area contributed by atoms with E-state index in [1.54, 1.807) is 13.1 Å². The number of hydrogen-bond acceptors (Lipinski definition) is 3. The van der Waals surface area contributed by atoms with Crippen LogP contribution in [0.1, 0.15) is 20.3 Å². The topological polar surface area (TPSA) is 51.2 Å². The van der Waals surface area contributed by atoms with Crippen LogP contribution < -0.4 is 5.32 Å². The van der Waals surface area contributed by atoms with Crippen LogP contribution in [0.25, 0.3) is 10.8 Å². The number of ether oxygens (including phenoxy) is 1. The Kier molecular flexibility index (Phi) is 3.81. The lowest BCUT2D eigenvalue weighted by Gasteiger charge is -2.24. The van der Waals surface area contributed by atoms with Crippen LogP contribution in [-0.4, -0.2) is 23.6 Å². The third-order valence-electron chi connectivity index (χ3n) is 3.48. The highest BCUT2D eigenvalue weighted by Crippen LogP contribution is 2.19. The Balaban J connectivity index is 2.24. The van der Waals surface area contributed by atoms with Gasteiger partial charge >= 0.3 is 0 Å². The van der Waals surface area contributed by atoms with Gasteiger partial charge in [-0.1, -0.05) is 31.2 Å². The van der Waals surface area contributed by atoms with E-state index in [1.165, 1.54) is 7.11 Å². The van der Waals surface area contributed by atoms with E-state index in [9.17, 15) is 4.79 Å². The van der Waals surface area contributed by atoms with E-state index >= 15 is 0 Å². The number of fused-ring (bicyclic) bond motifs is 1. The first-order valence-electron chi connectivity index (χ1n) is 6.30. The van der Waals surface area contributed by atoms with Crippen LogP contribution in [0, 0.1) is 0 Å². The van der Waals surface area contributed by atoms with Crippen molar-refractivity contribution in [1.82, 2.24) is 4.98 Å². The summed E-state index contributed by atoms with van der Waals surface area (Å²) in [5.41, 5.74) is -0.826. The summed E-state index contributed by atoms with van der Waals surface area (Å²) in [7, 11) is 1.54. The summed E-state index contributed by atoms with van der Waals surface area (Å²) >= 11 is 0. The van der Waals surface area contributed by atoms with Crippen LogP contribution >= 0.6 is 0 Å². The highest BCUT2D eigenvalue weighted by molar-refractivity contribution is 5.97. The molecule has 1 N–H and O–H groups in total. The van der Waals surface area contributed by atoms with E-state index in [2.05, 4.69) is 10.3 Å². The lowest BCUT2D eigenvalue weighted by Crippen LogP contribution is -2.41. The average molecular weight is 258 g/mol. The van der Waals surface area contributed by atoms with E-state index in [0.717, 1.165) is 10.8 Å². The molecular weight excluding hydrogens is 240 g/mol. The number of nitrogens with zero attached hydrogens (tertiary/aromatic N) is 1. The van der Waals surface area contributed by atoms with E-state index < -0.39 is 5.60 Å². The zero-order chi connectivity index (χ0) is 13.9. The normalized spacial score (nSPS) is 14.1. The van der Waals surface area contributed by atoms with E-state index in [0.29, 0.717) is 12.2 Å². The van der Waals surface area contributed by atoms with Crippen molar-refractivity contribution in [1.29, 1.82) is 0 Å². The maximum absolute atomic E-state index is 12.2. The molecule has 2 aromatic rings. The van der Waals surface area contributed by atoms with Crippen molar-refractivity contribution in [3.8, 4) is 0 Å². The maximum Gasteiger partial charge on any atom is 0.257 e. The third-order valence-corrected chi connectivity index (χ3v) is 3.48. The zero-order valence-electron chi connectivity index (χ0n) is 11.4. The van der Waals surface area contributed by atoms with E-state index in [1.807, 2.05) is 37.3 Å². The number of methoxy groups -OCH3 is 1. The summed E-state index contributed by atoms with van der Waals surface area (Å²) in [6.45, 7) is 3.68. The van der Waals surface area contributed by atoms with Gasteiger partial charge in [-0.05, 0) is 24.8 Å². The molecule has 1 aromatic carbocycles. The van der Waals surface area contributed by atoms with Gasteiger partial charge in [-0.15, -0.1) is 0 Å². The number of pyridine rings is 1. The molecule has 1 amide bonds. The van der Waals surface area contributed by atoms with Gasteiger partial charge in [0.25, 0.3) is 5.91 Å². The van der Waals surface area contributed by atoms with Gasteiger partial charge < -0.3 is 10.1 Å². The molecule has 0 saturated carbocycles. The van der Waals surface area contributed by atoms with Gasteiger partial charge in [-0.3, -0.25) is 4.79 Å². The lowest BCUT2D eigenvalue weighted by atomic mass is 10.0. The van der Waals surface area contributed by atoms with Gasteiger partial charge in [0.1, 0.15) is 11.4 Å². The molecule has 19 heavy (non-hydrogen) atoms. The Morgan fingerprint density at radius 1 is 1.37 bits per heavy atom. The molecule has 0 fully saturated rings. The van der Waals surface area contributed by atoms with Crippen LogP contribution in [0.5, 0.6) is 0 Å². The van der Waals surface area contributed by atoms with Gasteiger partial charge in [0.15, 0.2) is 0 Å². The van der Waals surface area contributed by atoms with Gasteiger partial charge in [-0.25, -0.2) is 4.98 Å². The van der Waals surface area contributed by atoms with Crippen molar-refractivity contribution in [3.05, 3.63) is 36.5 Å². The third kappa shape index (κ3) is 2.74. The Morgan fingerprint density at radius 2 is 2.05 bits per heavy atom. The smallest absolute Gasteiger partial charge is 0.257 e. The molecule has 100 valence electrons. The van der Waals surface area contributed by atoms with E-state index in [4.69, 9.17) is 4.74 Å². The fourth-order valence-electron chi connectivity index (χ4n) is 1.80. The minimum Gasteiger partial charge on any atom is -0.369 e. The number of carbonyl (C=O) groups is 1. The van der Waals surface area contributed by atoms with Crippen LogP contribution in [0.15, 0.2) is 36.5 Å². The largest absolute Gasteiger partial charge is 0.369 e. The first kappa shape index (κ1) is 13.5. The number of carbonyl (C=O) groups excluding carboxylic acids is 1. The van der Waals surface area contributed by atoms with Crippen LogP contribution in [-0.2, 0) is 9.53 Å². The molecule has 0 aliphatic heterocycles. The molecule has 1 heterocycles. The second kappa shape index (κ2) is 5.36. The number of hydrogen-bond donors (Lipinski definition) is 1. The molecule has 0 spiro atoms. The first-order valence-corrected chi connectivity index (χ1v) is 6.30. The zero-order valence-corrected chi connectivity index (χ0v) is 11.4. The Labute approximate surface area is 112 Å². The van der Waals surface area contributed by atoms with Crippen molar-refractivity contribution in [2.45, 2.75) is 25.9 Å². The molecule has 1 atom stereocenters. The van der Waals surface area contributed by atoms with Gasteiger partial charge in [0.2, 0.25) is 0 Å². The minimum absolute atomic E-state index is 0.180. The molecule has 0 saturated heterocycles. The molecule has 0 aliphatic carbocycles. The van der Waals surface area contributed by atoms with Gasteiger partial charge in [0.05, 0.1) is 0 Å². The molecule has 4 nitrogen and oxygen atoms in total. The number of anilines is 1. The predicted octanol–water partition coefficient (Wildman–Crippen LogP) is 2.99. The number of amides is 1. The lowest BCUT2D eigenvalue weighted by molar-refractivity contribution is -0.136. The standard InChI is InChI=1S/C15H18N2O2/c1-4-15(2,19-3)14(18)17-13-9-11-7-5-6-8-12(11)10-16-13/h5-10H,4H2,1-3H3,(H,16,17,18). The second-order valence-electron chi connectivity index (χ2n) is 4.66. The summed E-state index contributed by atoms with van der Waals surface area (Å²) in [6, 6.07) is 9.75. The van der Waals surface area contributed by atoms with E-state index in [-0.39, 0.29) is 5.91 Å². The molecule has 0 aliphatic rings. The summed E-state index contributed by atoms with van der Waals surface area (Å²) in [5, 5.41) is 4.89.